The fourth-order valence-electron chi connectivity index (χ4n) is 3.08. The standard InChI is InChI=1S/C18H22FN3O2/c1-11-10-15-16(12(2)24-11)20-21-17(15)18(23)22(3)9-8-13-4-6-14(19)7-5-13/h4-7,11-12H,8-10H2,1-3H3,(H,20,21)/t11-,12+/m1/s1. The number of halogens is 1. The summed E-state index contributed by atoms with van der Waals surface area (Å²) in [6.07, 6.45) is 1.34. The second kappa shape index (κ2) is 6.73. The van der Waals surface area contributed by atoms with Gasteiger partial charge in [0.05, 0.1) is 17.9 Å². The van der Waals surface area contributed by atoms with Gasteiger partial charge in [0.2, 0.25) is 0 Å². The number of nitrogens with zero attached hydrogens (tertiary/aromatic N) is 2. The van der Waals surface area contributed by atoms with Gasteiger partial charge in [0, 0.05) is 25.6 Å². The Labute approximate surface area is 140 Å². The van der Waals surface area contributed by atoms with E-state index in [9.17, 15) is 9.18 Å². The van der Waals surface area contributed by atoms with Crippen molar-refractivity contribution in [2.45, 2.75) is 38.9 Å². The van der Waals surface area contributed by atoms with Crippen molar-refractivity contribution in [3.63, 3.8) is 0 Å². The Morgan fingerprint density at radius 1 is 1.38 bits per heavy atom. The molecule has 0 radical (unpaired) electrons. The molecule has 2 aromatic rings. The molecular formula is C18H22FN3O2. The fraction of sp³-hybridized carbons (Fsp3) is 0.444. The van der Waals surface area contributed by atoms with Crippen LogP contribution in [0.1, 0.15) is 47.3 Å². The zero-order chi connectivity index (χ0) is 17.3. The molecule has 5 nitrogen and oxygen atoms in total. The predicted molar refractivity (Wildman–Crippen MR) is 88.3 cm³/mol. The molecule has 0 bridgehead atoms. The number of carbonyl (C=O) groups is 1. The second-order valence-corrected chi connectivity index (χ2v) is 6.36. The zero-order valence-corrected chi connectivity index (χ0v) is 14.2. The van der Waals surface area contributed by atoms with Crippen molar-refractivity contribution in [3.05, 3.63) is 52.6 Å². The molecule has 0 unspecified atom stereocenters. The molecule has 1 amide bonds. The highest BCUT2D eigenvalue weighted by molar-refractivity contribution is 5.94. The van der Waals surface area contributed by atoms with E-state index >= 15 is 0 Å². The first-order chi connectivity index (χ1) is 11.5. The summed E-state index contributed by atoms with van der Waals surface area (Å²) in [6.45, 7) is 4.51. The highest BCUT2D eigenvalue weighted by Gasteiger charge is 2.30. The molecule has 2 atom stereocenters. The molecular weight excluding hydrogens is 309 g/mol. The summed E-state index contributed by atoms with van der Waals surface area (Å²) in [5.41, 5.74) is 3.33. The predicted octanol–water partition coefficient (Wildman–Crippen LogP) is 2.89. The summed E-state index contributed by atoms with van der Waals surface area (Å²) in [4.78, 5) is 14.4. The third kappa shape index (κ3) is 3.33. The highest BCUT2D eigenvalue weighted by Crippen LogP contribution is 2.30. The van der Waals surface area contributed by atoms with Crippen molar-refractivity contribution in [1.29, 1.82) is 0 Å². The minimum atomic E-state index is -0.253. The van der Waals surface area contributed by atoms with E-state index in [1.807, 2.05) is 13.8 Å². The van der Waals surface area contributed by atoms with Crippen molar-refractivity contribution in [3.8, 4) is 0 Å². The van der Waals surface area contributed by atoms with Gasteiger partial charge in [0.25, 0.3) is 5.91 Å². The van der Waals surface area contributed by atoms with Gasteiger partial charge >= 0.3 is 0 Å². The maximum absolute atomic E-state index is 12.9. The number of nitrogens with one attached hydrogen (secondary N) is 1. The Morgan fingerprint density at radius 3 is 2.79 bits per heavy atom. The Balaban J connectivity index is 1.69. The second-order valence-electron chi connectivity index (χ2n) is 6.36. The molecule has 0 aliphatic carbocycles. The van der Waals surface area contributed by atoms with Crippen molar-refractivity contribution in [2.75, 3.05) is 13.6 Å². The summed E-state index contributed by atoms with van der Waals surface area (Å²) < 4.78 is 18.7. The van der Waals surface area contributed by atoms with E-state index in [0.717, 1.165) is 16.8 Å². The third-order valence-electron chi connectivity index (χ3n) is 4.43. The smallest absolute Gasteiger partial charge is 0.274 e. The number of ether oxygens (including phenoxy) is 1. The minimum absolute atomic E-state index is 0.0705. The van der Waals surface area contributed by atoms with Crippen LogP contribution in [0.4, 0.5) is 4.39 Å². The molecule has 2 heterocycles. The van der Waals surface area contributed by atoms with Gasteiger partial charge in [-0.1, -0.05) is 12.1 Å². The molecule has 1 N–H and O–H groups in total. The normalized spacial score (nSPS) is 19.8. The van der Waals surface area contributed by atoms with Crippen LogP contribution in [0.15, 0.2) is 24.3 Å². The zero-order valence-electron chi connectivity index (χ0n) is 14.2. The Morgan fingerprint density at radius 2 is 2.08 bits per heavy atom. The quantitative estimate of drug-likeness (QED) is 0.937. The van der Waals surface area contributed by atoms with Crippen molar-refractivity contribution in [2.24, 2.45) is 0 Å². The van der Waals surface area contributed by atoms with Gasteiger partial charge in [-0.15, -0.1) is 0 Å². The Bertz CT molecular complexity index is 726. The minimum Gasteiger partial charge on any atom is -0.369 e. The molecule has 0 saturated heterocycles. The number of amides is 1. The van der Waals surface area contributed by atoms with Gasteiger partial charge in [-0.3, -0.25) is 9.89 Å². The maximum atomic E-state index is 12.9. The first kappa shape index (κ1) is 16.6. The average Bonchev–Trinajstić information content (AvgIpc) is 2.97. The summed E-state index contributed by atoms with van der Waals surface area (Å²) in [5, 5.41) is 7.17. The number of fused-ring (bicyclic) bond motifs is 1. The molecule has 128 valence electrons. The van der Waals surface area contributed by atoms with E-state index in [0.29, 0.717) is 25.1 Å². The van der Waals surface area contributed by atoms with Crippen LogP contribution in [0.3, 0.4) is 0 Å². The van der Waals surface area contributed by atoms with Crippen LogP contribution in [0.5, 0.6) is 0 Å². The lowest BCUT2D eigenvalue weighted by Gasteiger charge is -2.25. The Hall–Kier alpha value is -2.21. The molecule has 1 aromatic carbocycles. The van der Waals surface area contributed by atoms with Gasteiger partial charge < -0.3 is 9.64 Å². The lowest BCUT2D eigenvalue weighted by atomic mass is 9.99. The van der Waals surface area contributed by atoms with E-state index in [1.165, 1.54) is 12.1 Å². The molecule has 0 fully saturated rings. The number of carbonyl (C=O) groups excluding carboxylic acids is 1. The Kier molecular flexibility index (Phi) is 4.66. The number of benzene rings is 1. The highest BCUT2D eigenvalue weighted by atomic mass is 19.1. The van der Waals surface area contributed by atoms with Gasteiger partial charge in [0.1, 0.15) is 5.82 Å². The lowest BCUT2D eigenvalue weighted by molar-refractivity contribution is -0.00701. The van der Waals surface area contributed by atoms with E-state index in [4.69, 9.17) is 4.74 Å². The number of hydrogen-bond acceptors (Lipinski definition) is 3. The number of aromatic nitrogens is 2. The number of likely N-dealkylation sites (N-methyl/N-ethyl adjacent to an activating group) is 1. The third-order valence-corrected chi connectivity index (χ3v) is 4.43. The molecule has 1 aromatic heterocycles. The first-order valence-electron chi connectivity index (χ1n) is 8.18. The number of hydrogen-bond donors (Lipinski definition) is 1. The number of H-pyrrole nitrogens is 1. The summed E-state index contributed by atoms with van der Waals surface area (Å²) in [6, 6.07) is 6.35. The van der Waals surface area contributed by atoms with E-state index < -0.39 is 0 Å². The number of aromatic amines is 1. The fourth-order valence-corrected chi connectivity index (χ4v) is 3.08. The molecule has 1 aliphatic heterocycles. The molecule has 1 aliphatic rings. The van der Waals surface area contributed by atoms with Gasteiger partial charge in [-0.25, -0.2) is 4.39 Å². The van der Waals surface area contributed by atoms with Crippen molar-refractivity contribution >= 4 is 5.91 Å². The molecule has 24 heavy (non-hydrogen) atoms. The summed E-state index contributed by atoms with van der Waals surface area (Å²) in [5.74, 6) is -0.354. The van der Waals surface area contributed by atoms with E-state index in [-0.39, 0.29) is 23.9 Å². The van der Waals surface area contributed by atoms with Gasteiger partial charge in [0.15, 0.2) is 5.69 Å². The molecule has 6 heteroatoms. The van der Waals surface area contributed by atoms with E-state index in [1.54, 1.807) is 24.1 Å². The van der Waals surface area contributed by atoms with Crippen LogP contribution >= 0.6 is 0 Å². The van der Waals surface area contributed by atoms with Gasteiger partial charge in [-0.2, -0.15) is 5.10 Å². The number of rotatable bonds is 4. The van der Waals surface area contributed by atoms with Crippen molar-refractivity contribution < 1.29 is 13.9 Å². The van der Waals surface area contributed by atoms with Crippen LogP contribution < -0.4 is 0 Å². The molecule has 0 saturated carbocycles. The van der Waals surface area contributed by atoms with Crippen molar-refractivity contribution in [1.82, 2.24) is 15.1 Å². The largest absolute Gasteiger partial charge is 0.369 e. The molecule has 0 spiro atoms. The van der Waals surface area contributed by atoms with Crippen LogP contribution in [0.25, 0.3) is 0 Å². The van der Waals surface area contributed by atoms with Crippen LogP contribution in [-0.4, -0.2) is 40.7 Å². The topological polar surface area (TPSA) is 58.2 Å². The average molecular weight is 331 g/mol. The maximum Gasteiger partial charge on any atom is 0.274 e. The van der Waals surface area contributed by atoms with Gasteiger partial charge in [-0.05, 0) is 38.0 Å². The molecule has 3 rings (SSSR count). The lowest BCUT2D eigenvalue weighted by Crippen LogP contribution is -2.31. The summed E-state index contributed by atoms with van der Waals surface area (Å²) in [7, 11) is 1.76. The monoisotopic (exact) mass is 331 g/mol. The van der Waals surface area contributed by atoms with Crippen LogP contribution in [0, 0.1) is 5.82 Å². The summed E-state index contributed by atoms with van der Waals surface area (Å²) >= 11 is 0. The van der Waals surface area contributed by atoms with Crippen LogP contribution in [-0.2, 0) is 17.6 Å². The van der Waals surface area contributed by atoms with E-state index in [2.05, 4.69) is 10.2 Å². The first-order valence-corrected chi connectivity index (χ1v) is 8.18. The van der Waals surface area contributed by atoms with Crippen LogP contribution in [0.2, 0.25) is 0 Å². The SMILES string of the molecule is C[C@@H]1Cc2c(C(=O)N(C)CCc3ccc(F)cc3)n[nH]c2[C@H](C)O1.